The van der Waals surface area contributed by atoms with E-state index < -0.39 is 5.97 Å². The van der Waals surface area contributed by atoms with Crippen LogP contribution in [0.3, 0.4) is 0 Å². The number of allylic oxidation sites excluding steroid dienone is 1. The second-order valence-corrected chi connectivity index (χ2v) is 10.8. The molecule has 3 saturated carbocycles. The van der Waals surface area contributed by atoms with Crippen molar-refractivity contribution >= 4 is 17.7 Å². The van der Waals surface area contributed by atoms with Gasteiger partial charge in [-0.2, -0.15) is 11.8 Å². The lowest BCUT2D eigenvalue weighted by Gasteiger charge is -2.31. The number of carbonyl (C=O) groups is 1. The number of thioether (sulfide) groups is 1. The Bertz CT molecular complexity index is 483. The molecule has 3 rings (SSSR count). The summed E-state index contributed by atoms with van der Waals surface area (Å²) in [5.74, 6) is 6.88. The summed E-state index contributed by atoms with van der Waals surface area (Å²) in [6.45, 7) is 0. The van der Waals surface area contributed by atoms with E-state index in [1.807, 2.05) is 0 Å². The third-order valence-electron chi connectivity index (χ3n) is 7.84. The lowest BCUT2D eigenvalue weighted by Crippen LogP contribution is -2.24. The zero-order chi connectivity index (χ0) is 19.6. The average Bonchev–Trinajstić information content (AvgIpc) is 3.30. The lowest BCUT2D eigenvalue weighted by molar-refractivity contribution is -0.137. The van der Waals surface area contributed by atoms with Gasteiger partial charge in [-0.15, -0.1) is 0 Å². The van der Waals surface area contributed by atoms with Crippen molar-refractivity contribution < 1.29 is 9.90 Å². The maximum atomic E-state index is 10.6. The van der Waals surface area contributed by atoms with E-state index in [2.05, 4.69) is 23.9 Å². The lowest BCUT2D eigenvalue weighted by atomic mass is 9.77. The molecule has 160 valence electrons. The van der Waals surface area contributed by atoms with Gasteiger partial charge < -0.3 is 5.11 Å². The Morgan fingerprint density at radius 1 is 0.893 bits per heavy atom. The SMILES string of the molecule is O=C(O)CCCCCC[C@H]1[C@H]2CC[C@H](C2)[C@H]1CSCC=CCC1CCCCC1. The molecule has 3 fully saturated rings. The van der Waals surface area contributed by atoms with E-state index in [1.54, 1.807) is 0 Å². The first-order valence-electron chi connectivity index (χ1n) is 12.2. The summed E-state index contributed by atoms with van der Waals surface area (Å²) in [7, 11) is 0. The van der Waals surface area contributed by atoms with E-state index in [4.69, 9.17) is 5.11 Å². The van der Waals surface area contributed by atoms with Crippen LogP contribution in [0.5, 0.6) is 0 Å². The van der Waals surface area contributed by atoms with Crippen molar-refractivity contribution in [2.24, 2.45) is 29.6 Å². The third kappa shape index (κ3) is 7.11. The molecule has 3 aliphatic rings. The fourth-order valence-corrected chi connectivity index (χ4v) is 7.50. The van der Waals surface area contributed by atoms with Crippen molar-refractivity contribution in [3.8, 4) is 0 Å². The van der Waals surface area contributed by atoms with E-state index in [0.29, 0.717) is 6.42 Å². The summed E-state index contributed by atoms with van der Waals surface area (Å²) >= 11 is 2.18. The van der Waals surface area contributed by atoms with Crippen LogP contribution >= 0.6 is 11.8 Å². The van der Waals surface area contributed by atoms with Crippen LogP contribution < -0.4 is 0 Å². The summed E-state index contributed by atoms with van der Waals surface area (Å²) in [6, 6.07) is 0. The molecule has 3 heteroatoms. The predicted molar refractivity (Wildman–Crippen MR) is 121 cm³/mol. The number of hydrogen-bond donors (Lipinski definition) is 1. The molecule has 1 N–H and O–H groups in total. The molecule has 0 aliphatic heterocycles. The van der Waals surface area contributed by atoms with Gasteiger partial charge in [0.15, 0.2) is 0 Å². The molecular weight excluding hydrogens is 364 g/mol. The fraction of sp³-hybridized carbons (Fsp3) is 0.880. The monoisotopic (exact) mass is 406 g/mol. The van der Waals surface area contributed by atoms with Crippen LogP contribution in [0.25, 0.3) is 0 Å². The van der Waals surface area contributed by atoms with E-state index in [0.717, 1.165) is 42.4 Å². The minimum absolute atomic E-state index is 0.349. The standard InChI is InChI=1S/C25H42O2S/c26-25(27)14-7-2-1-6-13-23-21-15-16-22(18-21)24(23)19-28-17-9-8-12-20-10-4-3-5-11-20/h8-9,20-24H,1-7,10-19H2,(H,26,27)/t21-,22+,23-,24+/m0/s1. The summed E-state index contributed by atoms with van der Waals surface area (Å²) in [4.78, 5) is 10.6. The van der Waals surface area contributed by atoms with Gasteiger partial charge in [0.05, 0.1) is 0 Å². The summed E-state index contributed by atoms with van der Waals surface area (Å²) in [6.07, 6.45) is 24.3. The normalized spacial score (nSPS) is 30.4. The first kappa shape index (κ1) is 22.2. The van der Waals surface area contributed by atoms with E-state index >= 15 is 0 Å². The average molecular weight is 407 g/mol. The van der Waals surface area contributed by atoms with Crippen molar-refractivity contribution in [3.05, 3.63) is 12.2 Å². The van der Waals surface area contributed by atoms with Crippen LogP contribution in [0, 0.1) is 29.6 Å². The van der Waals surface area contributed by atoms with Gasteiger partial charge in [0.2, 0.25) is 0 Å². The first-order chi connectivity index (χ1) is 13.7. The molecular formula is C25H42O2S. The minimum Gasteiger partial charge on any atom is -0.481 e. The molecule has 3 aliphatic carbocycles. The van der Waals surface area contributed by atoms with E-state index in [9.17, 15) is 4.79 Å². The number of carboxylic acids is 1. The van der Waals surface area contributed by atoms with Crippen LogP contribution in [0.2, 0.25) is 0 Å². The van der Waals surface area contributed by atoms with Crippen LogP contribution in [0.1, 0.15) is 96.3 Å². The van der Waals surface area contributed by atoms with Crippen LogP contribution in [-0.4, -0.2) is 22.6 Å². The van der Waals surface area contributed by atoms with Crippen LogP contribution in [0.15, 0.2) is 12.2 Å². The van der Waals surface area contributed by atoms with Gasteiger partial charge in [0.1, 0.15) is 0 Å². The van der Waals surface area contributed by atoms with Crippen molar-refractivity contribution in [3.63, 3.8) is 0 Å². The third-order valence-corrected chi connectivity index (χ3v) is 8.89. The molecule has 0 aromatic rings. The Morgan fingerprint density at radius 3 is 2.43 bits per heavy atom. The number of fused-ring (bicyclic) bond motifs is 2. The molecule has 0 saturated heterocycles. The predicted octanol–water partition coefficient (Wildman–Crippen LogP) is 7.33. The number of hydrogen-bond acceptors (Lipinski definition) is 2. The van der Waals surface area contributed by atoms with Gasteiger partial charge in [0.25, 0.3) is 0 Å². The quantitative estimate of drug-likeness (QED) is 0.257. The molecule has 2 bridgehead atoms. The van der Waals surface area contributed by atoms with Gasteiger partial charge >= 0.3 is 5.97 Å². The van der Waals surface area contributed by atoms with Gasteiger partial charge in [-0.05, 0) is 73.9 Å². The van der Waals surface area contributed by atoms with E-state index in [1.165, 1.54) is 88.6 Å². The molecule has 4 atom stereocenters. The smallest absolute Gasteiger partial charge is 0.303 e. The molecule has 0 unspecified atom stereocenters. The Morgan fingerprint density at radius 2 is 1.64 bits per heavy atom. The molecule has 28 heavy (non-hydrogen) atoms. The summed E-state index contributed by atoms with van der Waals surface area (Å²) in [5, 5.41) is 8.74. The second-order valence-electron chi connectivity index (χ2n) is 9.76. The fourth-order valence-electron chi connectivity index (χ4n) is 6.30. The topological polar surface area (TPSA) is 37.3 Å². The Hall–Kier alpha value is -0.440. The number of rotatable bonds is 13. The Balaban J connectivity index is 1.29. The molecule has 2 nitrogen and oxygen atoms in total. The van der Waals surface area contributed by atoms with Crippen molar-refractivity contribution in [2.75, 3.05) is 11.5 Å². The molecule has 0 aromatic heterocycles. The Labute approximate surface area is 177 Å². The summed E-state index contributed by atoms with van der Waals surface area (Å²) < 4.78 is 0. The zero-order valence-electron chi connectivity index (χ0n) is 17.8. The zero-order valence-corrected chi connectivity index (χ0v) is 18.6. The highest BCUT2D eigenvalue weighted by Crippen LogP contribution is 2.54. The van der Waals surface area contributed by atoms with Crippen molar-refractivity contribution in [1.29, 1.82) is 0 Å². The van der Waals surface area contributed by atoms with E-state index in [-0.39, 0.29) is 0 Å². The maximum absolute atomic E-state index is 10.6. The summed E-state index contributed by atoms with van der Waals surface area (Å²) in [5.41, 5.74) is 0. The van der Waals surface area contributed by atoms with Gasteiger partial charge in [-0.3, -0.25) is 4.79 Å². The number of aliphatic carboxylic acids is 1. The number of carboxylic acid groups (broad SMARTS) is 1. The molecule has 0 radical (unpaired) electrons. The number of unbranched alkanes of at least 4 members (excludes halogenated alkanes) is 3. The largest absolute Gasteiger partial charge is 0.481 e. The van der Waals surface area contributed by atoms with Gasteiger partial charge in [0, 0.05) is 12.2 Å². The van der Waals surface area contributed by atoms with Crippen molar-refractivity contribution in [1.82, 2.24) is 0 Å². The van der Waals surface area contributed by atoms with Gasteiger partial charge in [-0.1, -0.05) is 63.5 Å². The molecule has 0 spiro atoms. The highest BCUT2D eigenvalue weighted by Gasteiger charge is 2.46. The Kier molecular flexibility index (Phi) is 9.77. The minimum atomic E-state index is -0.641. The molecule has 0 aromatic carbocycles. The first-order valence-corrected chi connectivity index (χ1v) is 13.3. The molecule has 0 heterocycles. The van der Waals surface area contributed by atoms with Crippen LogP contribution in [-0.2, 0) is 4.79 Å². The highest BCUT2D eigenvalue weighted by atomic mass is 32.2. The van der Waals surface area contributed by atoms with Crippen LogP contribution in [0.4, 0.5) is 0 Å². The van der Waals surface area contributed by atoms with Crippen molar-refractivity contribution in [2.45, 2.75) is 96.3 Å². The molecule has 0 amide bonds. The maximum Gasteiger partial charge on any atom is 0.303 e. The second kappa shape index (κ2) is 12.3. The highest BCUT2D eigenvalue weighted by molar-refractivity contribution is 7.99. The van der Waals surface area contributed by atoms with Gasteiger partial charge in [-0.25, -0.2) is 0 Å².